The number of pyridine rings is 1. The monoisotopic (exact) mass is 711 g/mol. The third-order valence-electron chi connectivity index (χ3n) is 9.21. The molecule has 3 atom stereocenters. The Morgan fingerprint density at radius 1 is 0.979 bits per heavy atom. The number of aryl methyl sites for hydroxylation is 1. The number of ether oxygens (including phenoxy) is 2. The minimum Gasteiger partial charge on any atom is -0.508 e. The standard InChI is InChI=1S/C24H26BrN3O3.C14H12O3/c1-27-13-17-8-21-24(30-3,19-5-4-6-20(27)22(17)19)9-15(12-28(21)2)14-31-23(29)16-7-18(25)11-26-10-16;15-12-5-3-10(4-6-12)1-2-11-7-13(16)9-14(17)8-11/h4-7,10-11,13,15,21H,8-9,12,14H2,1-3H3;1-9,15-17H. The van der Waals surface area contributed by atoms with Crippen molar-refractivity contribution in [3.8, 4) is 17.2 Å². The van der Waals surface area contributed by atoms with E-state index in [2.05, 4.69) is 68.9 Å². The number of benzene rings is 3. The number of methoxy groups -OCH3 is 1. The van der Waals surface area contributed by atoms with Crippen molar-refractivity contribution in [2.24, 2.45) is 13.0 Å². The van der Waals surface area contributed by atoms with Crippen LogP contribution < -0.4 is 0 Å². The number of hydrogen-bond acceptors (Lipinski definition) is 8. The molecular formula is C38H38BrN3O6. The lowest BCUT2D eigenvalue weighted by atomic mass is 9.69. The van der Waals surface area contributed by atoms with E-state index in [0.29, 0.717) is 17.7 Å². The molecule has 248 valence electrons. The number of nitrogens with zero attached hydrogens (tertiary/aromatic N) is 3. The Hall–Kier alpha value is -4.64. The fraction of sp³-hybridized carbons (Fsp3) is 0.263. The van der Waals surface area contributed by atoms with E-state index >= 15 is 0 Å². The summed E-state index contributed by atoms with van der Waals surface area (Å²) in [5, 5.41) is 29.0. The van der Waals surface area contributed by atoms with E-state index in [0.717, 1.165) is 29.4 Å². The normalized spacial score (nSPS) is 20.2. The van der Waals surface area contributed by atoms with Crippen LogP contribution >= 0.6 is 15.9 Å². The minimum absolute atomic E-state index is 0.0235. The lowest BCUT2D eigenvalue weighted by Crippen LogP contribution is -2.59. The largest absolute Gasteiger partial charge is 0.508 e. The molecule has 0 saturated carbocycles. The fourth-order valence-corrected chi connectivity index (χ4v) is 7.48. The molecule has 0 radical (unpaired) electrons. The van der Waals surface area contributed by atoms with Crippen molar-refractivity contribution in [1.29, 1.82) is 0 Å². The van der Waals surface area contributed by atoms with Gasteiger partial charge >= 0.3 is 5.97 Å². The SMILES string of the molecule is COC12CC(COC(=O)c3cncc(Br)c3)CN(C)C1Cc1cn(C)c3cccc2c13.Oc1ccc(C=Cc2cc(O)cc(O)c2)cc1. The number of phenolic OH excluding ortho intramolecular Hbond substituents is 3. The summed E-state index contributed by atoms with van der Waals surface area (Å²) in [4.78, 5) is 19.0. The molecule has 2 aromatic heterocycles. The van der Waals surface area contributed by atoms with Gasteiger partial charge in [0.2, 0.25) is 0 Å². The van der Waals surface area contributed by atoms with E-state index in [1.807, 2.05) is 13.2 Å². The Kier molecular flexibility index (Phi) is 9.59. The Bertz CT molecular complexity index is 1950. The predicted octanol–water partition coefficient (Wildman–Crippen LogP) is 6.88. The number of aromatic hydroxyl groups is 3. The zero-order valence-electron chi connectivity index (χ0n) is 27.0. The molecule has 0 amide bonds. The van der Waals surface area contributed by atoms with Crippen LogP contribution in [0.1, 0.15) is 39.0 Å². The van der Waals surface area contributed by atoms with Crippen LogP contribution in [0.4, 0.5) is 0 Å². The number of piperidine rings is 1. The molecule has 1 fully saturated rings. The summed E-state index contributed by atoms with van der Waals surface area (Å²) in [6, 6.07) is 19.6. The molecule has 1 aliphatic heterocycles. The average molecular weight is 713 g/mol. The van der Waals surface area contributed by atoms with E-state index in [9.17, 15) is 15.0 Å². The topological polar surface area (TPSA) is 117 Å². The number of aromatic nitrogens is 2. The predicted molar refractivity (Wildman–Crippen MR) is 189 cm³/mol. The molecule has 1 aliphatic carbocycles. The summed E-state index contributed by atoms with van der Waals surface area (Å²) < 4.78 is 15.0. The van der Waals surface area contributed by atoms with Gasteiger partial charge in [-0.3, -0.25) is 9.88 Å². The molecule has 5 aromatic rings. The lowest BCUT2D eigenvalue weighted by molar-refractivity contribution is -0.131. The van der Waals surface area contributed by atoms with Crippen molar-refractivity contribution >= 4 is 45.0 Å². The fourth-order valence-electron chi connectivity index (χ4n) is 7.12. The molecule has 3 heterocycles. The highest BCUT2D eigenvalue weighted by atomic mass is 79.9. The summed E-state index contributed by atoms with van der Waals surface area (Å²) in [5.41, 5.74) is 5.52. The number of carbonyl (C=O) groups is 1. The van der Waals surface area contributed by atoms with Crippen LogP contribution in [0.25, 0.3) is 23.1 Å². The molecule has 1 saturated heterocycles. The molecule has 0 spiro atoms. The summed E-state index contributed by atoms with van der Waals surface area (Å²) >= 11 is 3.35. The van der Waals surface area contributed by atoms with Gasteiger partial charge in [0, 0.05) is 72.7 Å². The van der Waals surface area contributed by atoms with Crippen LogP contribution in [0.5, 0.6) is 17.2 Å². The number of hydrogen-bond donors (Lipinski definition) is 3. The van der Waals surface area contributed by atoms with Gasteiger partial charge in [-0.05, 0) is 94.5 Å². The summed E-state index contributed by atoms with van der Waals surface area (Å²) in [6.45, 7) is 1.21. The van der Waals surface area contributed by atoms with Crippen molar-refractivity contribution in [2.45, 2.75) is 24.5 Å². The highest BCUT2D eigenvalue weighted by molar-refractivity contribution is 9.10. The van der Waals surface area contributed by atoms with E-state index in [4.69, 9.17) is 14.6 Å². The van der Waals surface area contributed by atoms with E-state index in [1.165, 1.54) is 34.3 Å². The first-order valence-corrected chi connectivity index (χ1v) is 16.5. The van der Waals surface area contributed by atoms with E-state index < -0.39 is 5.60 Å². The Labute approximate surface area is 287 Å². The number of likely N-dealkylation sites (N-methyl/N-ethyl adjacent to an activating group) is 1. The van der Waals surface area contributed by atoms with Gasteiger partial charge in [-0.15, -0.1) is 0 Å². The van der Waals surface area contributed by atoms with Gasteiger partial charge in [0.05, 0.1) is 12.2 Å². The molecule has 10 heteroatoms. The number of phenols is 3. The number of likely N-dealkylation sites (tertiary alicyclic amines) is 1. The van der Waals surface area contributed by atoms with Crippen molar-refractivity contribution in [1.82, 2.24) is 14.5 Å². The smallest absolute Gasteiger partial charge is 0.339 e. The van der Waals surface area contributed by atoms with Crippen molar-refractivity contribution in [3.05, 3.63) is 118 Å². The molecule has 3 unspecified atom stereocenters. The Balaban J connectivity index is 0.000000200. The number of halogens is 1. The van der Waals surface area contributed by atoms with Crippen LogP contribution in [0.3, 0.4) is 0 Å². The van der Waals surface area contributed by atoms with Crippen molar-refractivity contribution < 1.29 is 29.6 Å². The quantitative estimate of drug-likeness (QED) is 0.129. The Morgan fingerprint density at radius 2 is 1.71 bits per heavy atom. The second-order valence-electron chi connectivity index (χ2n) is 12.5. The van der Waals surface area contributed by atoms with Gasteiger partial charge in [0.25, 0.3) is 0 Å². The first kappa shape index (κ1) is 33.3. The molecule has 48 heavy (non-hydrogen) atoms. The molecule has 2 aliphatic rings. The van der Waals surface area contributed by atoms with Gasteiger partial charge in [-0.25, -0.2) is 4.79 Å². The Morgan fingerprint density at radius 3 is 2.42 bits per heavy atom. The maximum atomic E-state index is 12.5. The second kappa shape index (κ2) is 13.8. The molecule has 9 nitrogen and oxygen atoms in total. The lowest BCUT2D eigenvalue weighted by Gasteiger charge is -2.53. The number of rotatable bonds is 6. The molecule has 0 bridgehead atoms. The molecular weight excluding hydrogens is 674 g/mol. The third kappa shape index (κ3) is 6.82. The van der Waals surface area contributed by atoms with Gasteiger partial charge in [0.1, 0.15) is 22.8 Å². The van der Waals surface area contributed by atoms with Crippen LogP contribution in [0, 0.1) is 5.92 Å². The van der Waals surface area contributed by atoms with Gasteiger partial charge in [-0.1, -0.05) is 36.4 Å². The van der Waals surface area contributed by atoms with Crippen LogP contribution in [-0.2, 0) is 28.5 Å². The van der Waals surface area contributed by atoms with Gasteiger partial charge in [-0.2, -0.15) is 0 Å². The summed E-state index contributed by atoms with van der Waals surface area (Å²) in [6.07, 6.45) is 10.8. The number of esters is 1. The van der Waals surface area contributed by atoms with Crippen LogP contribution in [0.2, 0.25) is 0 Å². The van der Waals surface area contributed by atoms with Crippen molar-refractivity contribution in [3.63, 3.8) is 0 Å². The molecule has 7 rings (SSSR count). The van der Waals surface area contributed by atoms with Crippen molar-refractivity contribution in [2.75, 3.05) is 27.3 Å². The maximum absolute atomic E-state index is 12.5. The minimum atomic E-state index is -0.421. The number of carbonyl (C=O) groups excluding carboxylic acids is 1. The maximum Gasteiger partial charge on any atom is 0.339 e. The van der Waals surface area contributed by atoms with E-state index in [-0.39, 0.29) is 35.2 Å². The first-order chi connectivity index (χ1) is 23.1. The van der Waals surface area contributed by atoms with E-state index in [1.54, 1.807) is 54.7 Å². The summed E-state index contributed by atoms with van der Waals surface area (Å²) in [5.74, 6) is 0.0924. The second-order valence-corrected chi connectivity index (χ2v) is 13.4. The number of fused-ring (bicyclic) bond motifs is 2. The average Bonchev–Trinajstić information content (AvgIpc) is 3.39. The van der Waals surface area contributed by atoms with Gasteiger partial charge in [0.15, 0.2) is 0 Å². The highest BCUT2D eigenvalue weighted by Gasteiger charge is 2.51. The van der Waals surface area contributed by atoms with Crippen LogP contribution in [0.15, 0.2) is 89.8 Å². The zero-order valence-corrected chi connectivity index (χ0v) is 28.6. The zero-order chi connectivity index (χ0) is 34.0. The van der Waals surface area contributed by atoms with Crippen LogP contribution in [-0.4, -0.2) is 69.1 Å². The summed E-state index contributed by atoms with van der Waals surface area (Å²) in [7, 11) is 6.07. The molecule has 3 aromatic carbocycles. The highest BCUT2D eigenvalue weighted by Crippen LogP contribution is 2.49. The molecule has 3 N–H and O–H groups in total. The third-order valence-corrected chi connectivity index (χ3v) is 9.65. The first-order valence-electron chi connectivity index (χ1n) is 15.7. The van der Waals surface area contributed by atoms with Gasteiger partial charge < -0.3 is 29.4 Å².